The molecule has 32 heavy (non-hydrogen) atoms. The molecule has 1 amide bonds. The van der Waals surface area contributed by atoms with Gasteiger partial charge in [0.05, 0.1) is 35.5 Å². The Bertz CT molecular complexity index is 1190. The third-order valence-corrected chi connectivity index (χ3v) is 6.72. The van der Waals surface area contributed by atoms with Crippen LogP contribution in [0.3, 0.4) is 0 Å². The third kappa shape index (κ3) is 4.19. The van der Waals surface area contributed by atoms with Crippen LogP contribution in [0.1, 0.15) is 30.1 Å². The zero-order valence-electron chi connectivity index (χ0n) is 17.9. The first kappa shape index (κ1) is 22.9. The maximum Gasteiger partial charge on any atom is 0.259 e. The maximum atomic E-state index is 13.9. The van der Waals surface area contributed by atoms with Crippen molar-refractivity contribution in [3.8, 4) is 23.0 Å². The average molecular weight is 613 g/mol. The van der Waals surface area contributed by atoms with Gasteiger partial charge in [-0.1, -0.05) is 13.3 Å². The zero-order valence-corrected chi connectivity index (χ0v) is 21.7. The summed E-state index contributed by atoms with van der Waals surface area (Å²) in [5.74, 6) is 2.25. The van der Waals surface area contributed by atoms with Crippen LogP contribution in [0, 0.1) is 3.57 Å². The Hall–Kier alpha value is -2.27. The minimum absolute atomic E-state index is 0.130. The van der Waals surface area contributed by atoms with Crippen molar-refractivity contribution in [2.75, 3.05) is 32.5 Å². The lowest BCUT2D eigenvalue weighted by Gasteiger charge is -2.26. The first-order valence-electron chi connectivity index (χ1n) is 10.1. The summed E-state index contributed by atoms with van der Waals surface area (Å²) in [7, 11) is 3.14. The van der Waals surface area contributed by atoms with E-state index in [0.29, 0.717) is 35.1 Å². The number of carbonyl (C=O) groups is 1. The summed E-state index contributed by atoms with van der Waals surface area (Å²) in [6.45, 7) is 2.82. The molecule has 0 fully saturated rings. The van der Waals surface area contributed by atoms with Gasteiger partial charge in [-0.2, -0.15) is 0 Å². The van der Waals surface area contributed by atoms with Gasteiger partial charge in [-0.05, 0) is 63.1 Å². The molecular formula is C23H22BrIN2O5. The smallest absolute Gasteiger partial charge is 0.259 e. The molecule has 4 rings (SSSR count). The summed E-state index contributed by atoms with van der Waals surface area (Å²) in [5, 5.41) is 0.809. The van der Waals surface area contributed by atoms with Gasteiger partial charge in [-0.15, -0.1) is 0 Å². The highest BCUT2D eigenvalue weighted by Crippen LogP contribution is 2.42. The Labute approximate surface area is 208 Å². The molecule has 0 aliphatic carbocycles. The Morgan fingerprint density at radius 2 is 1.84 bits per heavy atom. The second-order valence-corrected chi connectivity index (χ2v) is 9.19. The van der Waals surface area contributed by atoms with Crippen molar-refractivity contribution in [2.45, 2.75) is 19.8 Å². The summed E-state index contributed by atoms with van der Waals surface area (Å²) >= 11 is 5.78. The molecule has 2 aromatic carbocycles. The van der Waals surface area contributed by atoms with E-state index in [9.17, 15) is 4.79 Å². The molecule has 9 heteroatoms. The number of hydrogen-bond donors (Lipinski definition) is 0. The van der Waals surface area contributed by atoms with Gasteiger partial charge >= 0.3 is 0 Å². The van der Waals surface area contributed by atoms with E-state index >= 15 is 0 Å². The summed E-state index contributed by atoms with van der Waals surface area (Å²) in [6, 6.07) is 7.27. The molecule has 1 aromatic heterocycles. The minimum atomic E-state index is -0.130. The standard InChI is InChI=1S/C23H22BrIN2O5/c1-4-5-6-27(23(28)13-7-18(29-2)19(30-3)9-16(13)25)22-14-8-20-21(32-12-31-20)10-17(14)26-11-15(22)24/h7-11H,4-6,12H2,1-3H3. The lowest BCUT2D eigenvalue weighted by Crippen LogP contribution is -2.33. The monoisotopic (exact) mass is 612 g/mol. The number of methoxy groups -OCH3 is 2. The van der Waals surface area contributed by atoms with E-state index in [2.05, 4.69) is 50.4 Å². The molecule has 0 saturated heterocycles. The highest BCUT2D eigenvalue weighted by molar-refractivity contribution is 14.1. The number of benzene rings is 2. The van der Waals surface area contributed by atoms with Gasteiger partial charge in [0.1, 0.15) is 0 Å². The van der Waals surface area contributed by atoms with Crippen LogP contribution >= 0.6 is 38.5 Å². The number of carbonyl (C=O) groups excluding carboxylic acids is 1. The van der Waals surface area contributed by atoms with Crippen LogP contribution < -0.4 is 23.8 Å². The normalized spacial score (nSPS) is 12.2. The molecule has 0 radical (unpaired) electrons. The summed E-state index contributed by atoms with van der Waals surface area (Å²) in [5.41, 5.74) is 2.01. The summed E-state index contributed by atoms with van der Waals surface area (Å²) in [4.78, 5) is 20.2. The van der Waals surface area contributed by atoms with E-state index in [1.54, 1.807) is 31.4 Å². The van der Waals surface area contributed by atoms with E-state index in [0.717, 1.165) is 37.5 Å². The Morgan fingerprint density at radius 3 is 2.53 bits per heavy atom. The van der Waals surface area contributed by atoms with Crippen LogP contribution in [0.5, 0.6) is 23.0 Å². The first-order chi connectivity index (χ1) is 15.5. The number of ether oxygens (including phenoxy) is 4. The molecule has 7 nitrogen and oxygen atoms in total. The number of anilines is 1. The fourth-order valence-corrected chi connectivity index (χ4v) is 4.81. The second-order valence-electron chi connectivity index (χ2n) is 7.17. The first-order valence-corrected chi connectivity index (χ1v) is 12.0. The topological polar surface area (TPSA) is 70.1 Å². The molecule has 1 aliphatic heterocycles. The molecule has 0 spiro atoms. The van der Waals surface area contributed by atoms with Gasteiger partial charge in [0, 0.05) is 27.8 Å². The Balaban J connectivity index is 1.88. The summed E-state index contributed by atoms with van der Waals surface area (Å²) in [6.07, 6.45) is 3.50. The number of hydrogen-bond acceptors (Lipinski definition) is 6. The lowest BCUT2D eigenvalue weighted by molar-refractivity contribution is 0.0985. The minimum Gasteiger partial charge on any atom is -0.493 e. The average Bonchev–Trinajstić information content (AvgIpc) is 3.26. The molecule has 0 saturated carbocycles. The number of fused-ring (bicyclic) bond motifs is 2. The van der Waals surface area contributed by atoms with Crippen molar-refractivity contribution in [1.29, 1.82) is 0 Å². The molecule has 0 unspecified atom stereocenters. The van der Waals surface area contributed by atoms with Gasteiger partial charge < -0.3 is 23.8 Å². The molecule has 2 heterocycles. The van der Waals surface area contributed by atoms with Crippen molar-refractivity contribution >= 4 is 61.0 Å². The number of rotatable bonds is 7. The van der Waals surface area contributed by atoms with Crippen LogP contribution in [0.2, 0.25) is 0 Å². The van der Waals surface area contributed by atoms with Crippen molar-refractivity contribution < 1.29 is 23.7 Å². The van der Waals surface area contributed by atoms with Crippen LogP contribution in [0.15, 0.2) is 34.9 Å². The van der Waals surface area contributed by atoms with Crippen molar-refractivity contribution in [2.24, 2.45) is 0 Å². The fraction of sp³-hybridized carbons (Fsp3) is 0.304. The predicted octanol–water partition coefficient (Wildman–Crippen LogP) is 5.79. The highest BCUT2D eigenvalue weighted by atomic mass is 127. The SMILES string of the molecule is CCCCN(C(=O)c1cc(OC)c(OC)cc1I)c1c(Br)cnc2cc3c(cc12)OCO3. The van der Waals surface area contributed by atoms with Gasteiger partial charge in [0.25, 0.3) is 5.91 Å². The number of halogens is 2. The van der Waals surface area contributed by atoms with E-state index in [1.165, 1.54) is 0 Å². The van der Waals surface area contributed by atoms with Crippen molar-refractivity contribution in [1.82, 2.24) is 4.98 Å². The molecule has 0 bridgehead atoms. The van der Waals surface area contributed by atoms with Crippen LogP contribution in [0.4, 0.5) is 5.69 Å². The molecule has 3 aromatic rings. The summed E-state index contributed by atoms with van der Waals surface area (Å²) < 4.78 is 23.4. The maximum absolute atomic E-state index is 13.9. The highest BCUT2D eigenvalue weighted by Gasteiger charge is 2.27. The van der Waals surface area contributed by atoms with E-state index in [1.807, 2.05) is 18.2 Å². The van der Waals surface area contributed by atoms with Crippen molar-refractivity contribution in [3.63, 3.8) is 0 Å². The number of nitrogens with zero attached hydrogens (tertiary/aromatic N) is 2. The predicted molar refractivity (Wildman–Crippen MR) is 134 cm³/mol. The second kappa shape index (κ2) is 9.70. The number of unbranched alkanes of at least 4 members (excludes halogenated alkanes) is 1. The third-order valence-electron chi connectivity index (χ3n) is 5.24. The van der Waals surface area contributed by atoms with Crippen molar-refractivity contribution in [3.05, 3.63) is 44.1 Å². The fourth-order valence-electron chi connectivity index (χ4n) is 3.61. The Morgan fingerprint density at radius 1 is 1.16 bits per heavy atom. The zero-order chi connectivity index (χ0) is 22.8. The van der Waals surface area contributed by atoms with E-state index in [4.69, 9.17) is 18.9 Å². The van der Waals surface area contributed by atoms with Crippen LogP contribution in [-0.2, 0) is 0 Å². The Kier molecular flexibility index (Phi) is 6.94. The number of amides is 1. The van der Waals surface area contributed by atoms with Crippen LogP contribution in [-0.4, -0.2) is 38.4 Å². The molecular weight excluding hydrogens is 591 g/mol. The van der Waals surface area contributed by atoms with E-state index in [-0.39, 0.29) is 12.7 Å². The lowest BCUT2D eigenvalue weighted by atomic mass is 10.1. The van der Waals surface area contributed by atoms with E-state index < -0.39 is 0 Å². The molecule has 0 N–H and O–H groups in total. The van der Waals surface area contributed by atoms with Gasteiger partial charge in [-0.25, -0.2) is 0 Å². The van der Waals surface area contributed by atoms with Gasteiger partial charge in [0.2, 0.25) is 6.79 Å². The molecule has 0 atom stereocenters. The van der Waals surface area contributed by atoms with Gasteiger partial charge in [0.15, 0.2) is 23.0 Å². The number of pyridine rings is 1. The largest absolute Gasteiger partial charge is 0.493 e. The molecule has 168 valence electrons. The number of aromatic nitrogens is 1. The van der Waals surface area contributed by atoms with Gasteiger partial charge in [-0.3, -0.25) is 9.78 Å². The van der Waals surface area contributed by atoms with Crippen LogP contribution in [0.25, 0.3) is 10.9 Å². The molecule has 1 aliphatic rings. The quantitative estimate of drug-likeness (QED) is 0.314.